The molecule has 0 radical (unpaired) electrons. The van der Waals surface area contributed by atoms with E-state index in [9.17, 15) is 15.0 Å². The van der Waals surface area contributed by atoms with Gasteiger partial charge in [-0.3, -0.25) is 4.79 Å². The molecule has 0 saturated carbocycles. The zero-order valence-corrected chi connectivity index (χ0v) is 17.7. The number of carboxylic acid groups (broad SMARTS) is 1. The third kappa shape index (κ3) is 16.0. The second-order valence-electron chi connectivity index (χ2n) is 8.12. The van der Waals surface area contributed by atoms with Gasteiger partial charge in [-0.05, 0) is 12.3 Å². The highest BCUT2D eigenvalue weighted by atomic mass is 16.5. The summed E-state index contributed by atoms with van der Waals surface area (Å²) in [7, 11) is 0. The van der Waals surface area contributed by atoms with E-state index in [0.717, 1.165) is 25.2 Å². The number of aliphatic hydroxyl groups is 2. The molecule has 3 N–H and O–H groups in total. The van der Waals surface area contributed by atoms with Gasteiger partial charge in [-0.25, -0.2) is 0 Å². The number of unbranched alkanes of at least 4 members (excludes halogenated alkanes) is 10. The fraction of sp³-hybridized carbons (Fsp3) is 0.955. The maximum Gasteiger partial charge on any atom is 0.309 e. The fourth-order valence-electron chi connectivity index (χ4n) is 3.48. The molecule has 162 valence electrons. The third-order valence-corrected chi connectivity index (χ3v) is 5.17. The topological polar surface area (TPSA) is 87.0 Å². The standard InChI is InChI=1S/C22H44O5/c1-19(2)14-12-10-8-6-4-3-5-7-9-11-13-15-20(22(25)26)21(18-24)27-17-16-23/h19-21,23-24H,3-18H2,1-2H3,(H,25,26). The highest BCUT2D eigenvalue weighted by molar-refractivity contribution is 5.70. The van der Waals surface area contributed by atoms with Crippen molar-refractivity contribution in [1.29, 1.82) is 0 Å². The van der Waals surface area contributed by atoms with Crippen LogP contribution in [-0.4, -0.2) is 47.2 Å². The van der Waals surface area contributed by atoms with Gasteiger partial charge in [-0.1, -0.05) is 90.9 Å². The Morgan fingerprint density at radius 3 is 1.59 bits per heavy atom. The number of rotatable bonds is 20. The molecule has 5 heteroatoms. The van der Waals surface area contributed by atoms with E-state index in [4.69, 9.17) is 9.84 Å². The first kappa shape index (κ1) is 26.4. The highest BCUT2D eigenvalue weighted by Crippen LogP contribution is 2.19. The minimum absolute atomic E-state index is 0.0622. The average Bonchev–Trinajstić information content (AvgIpc) is 2.63. The molecule has 0 aromatic heterocycles. The van der Waals surface area contributed by atoms with Crippen molar-refractivity contribution in [3.8, 4) is 0 Å². The molecule has 0 heterocycles. The normalized spacial score (nSPS) is 13.8. The van der Waals surface area contributed by atoms with E-state index in [1.165, 1.54) is 57.8 Å². The Bertz CT molecular complexity index is 333. The van der Waals surface area contributed by atoms with E-state index in [2.05, 4.69) is 13.8 Å². The van der Waals surface area contributed by atoms with Crippen molar-refractivity contribution in [3.05, 3.63) is 0 Å². The van der Waals surface area contributed by atoms with E-state index < -0.39 is 18.0 Å². The van der Waals surface area contributed by atoms with E-state index in [1.54, 1.807) is 0 Å². The van der Waals surface area contributed by atoms with Crippen LogP contribution < -0.4 is 0 Å². The largest absolute Gasteiger partial charge is 0.481 e. The lowest BCUT2D eigenvalue weighted by Gasteiger charge is -2.22. The monoisotopic (exact) mass is 388 g/mol. The van der Waals surface area contributed by atoms with Crippen LogP contribution in [0.15, 0.2) is 0 Å². The summed E-state index contributed by atoms with van der Waals surface area (Å²) in [6.45, 7) is 4.15. The van der Waals surface area contributed by atoms with Gasteiger partial charge in [-0.15, -0.1) is 0 Å². The zero-order valence-electron chi connectivity index (χ0n) is 17.7. The summed E-state index contributed by atoms with van der Waals surface area (Å²) >= 11 is 0. The SMILES string of the molecule is CC(C)CCCCCCCCCCCCCC(C(=O)O)C(CO)OCCO. The van der Waals surface area contributed by atoms with E-state index in [-0.39, 0.29) is 19.8 Å². The van der Waals surface area contributed by atoms with Gasteiger partial charge in [0.05, 0.1) is 31.8 Å². The average molecular weight is 389 g/mol. The van der Waals surface area contributed by atoms with Gasteiger partial charge in [0.25, 0.3) is 0 Å². The van der Waals surface area contributed by atoms with Crippen molar-refractivity contribution in [3.63, 3.8) is 0 Å². The van der Waals surface area contributed by atoms with Crippen molar-refractivity contribution in [2.45, 2.75) is 103 Å². The van der Waals surface area contributed by atoms with E-state index in [0.29, 0.717) is 6.42 Å². The molecule has 0 bridgehead atoms. The molecule has 0 aromatic carbocycles. The first-order chi connectivity index (χ1) is 13.0. The molecular formula is C22H44O5. The van der Waals surface area contributed by atoms with Crippen LogP contribution in [0, 0.1) is 11.8 Å². The second-order valence-corrected chi connectivity index (χ2v) is 8.12. The minimum Gasteiger partial charge on any atom is -0.481 e. The van der Waals surface area contributed by atoms with Crippen molar-refractivity contribution < 1.29 is 24.9 Å². The number of carbonyl (C=O) groups is 1. The maximum atomic E-state index is 11.4. The van der Waals surface area contributed by atoms with Crippen LogP contribution in [-0.2, 0) is 9.53 Å². The van der Waals surface area contributed by atoms with Crippen molar-refractivity contribution >= 4 is 5.97 Å². The van der Waals surface area contributed by atoms with Crippen molar-refractivity contribution in [1.82, 2.24) is 0 Å². The zero-order chi connectivity index (χ0) is 20.3. The molecule has 0 aliphatic rings. The van der Waals surface area contributed by atoms with Crippen LogP contribution >= 0.6 is 0 Å². The molecule has 0 aromatic rings. The van der Waals surface area contributed by atoms with Crippen LogP contribution in [0.5, 0.6) is 0 Å². The van der Waals surface area contributed by atoms with Gasteiger partial charge >= 0.3 is 5.97 Å². The van der Waals surface area contributed by atoms with Gasteiger partial charge in [-0.2, -0.15) is 0 Å². The first-order valence-electron chi connectivity index (χ1n) is 11.1. The summed E-state index contributed by atoms with van der Waals surface area (Å²) in [5.41, 5.74) is 0. The van der Waals surface area contributed by atoms with Crippen LogP contribution in [0.1, 0.15) is 97.3 Å². The Morgan fingerprint density at radius 1 is 0.778 bits per heavy atom. The molecule has 0 aliphatic carbocycles. The third-order valence-electron chi connectivity index (χ3n) is 5.17. The number of carboxylic acids is 1. The van der Waals surface area contributed by atoms with Gasteiger partial charge in [0.15, 0.2) is 0 Å². The molecule has 5 nitrogen and oxygen atoms in total. The van der Waals surface area contributed by atoms with E-state index >= 15 is 0 Å². The molecule has 0 spiro atoms. The predicted octanol–water partition coefficient (Wildman–Crippen LogP) is 4.78. The lowest BCUT2D eigenvalue weighted by Crippen LogP contribution is -2.34. The maximum absolute atomic E-state index is 11.4. The summed E-state index contributed by atoms with van der Waals surface area (Å²) in [4.78, 5) is 11.4. The summed E-state index contributed by atoms with van der Waals surface area (Å²) in [6, 6.07) is 0. The Hall–Kier alpha value is -0.650. The van der Waals surface area contributed by atoms with Gasteiger partial charge < -0.3 is 20.1 Å². The van der Waals surface area contributed by atoms with Gasteiger partial charge in [0.1, 0.15) is 0 Å². The number of hydrogen-bond acceptors (Lipinski definition) is 4. The van der Waals surface area contributed by atoms with Crippen LogP contribution in [0.2, 0.25) is 0 Å². The van der Waals surface area contributed by atoms with Crippen molar-refractivity contribution in [2.24, 2.45) is 11.8 Å². The smallest absolute Gasteiger partial charge is 0.309 e. The lowest BCUT2D eigenvalue weighted by molar-refractivity contribution is -0.150. The number of aliphatic carboxylic acids is 1. The van der Waals surface area contributed by atoms with Crippen molar-refractivity contribution in [2.75, 3.05) is 19.8 Å². The predicted molar refractivity (Wildman–Crippen MR) is 110 cm³/mol. The molecule has 27 heavy (non-hydrogen) atoms. The molecule has 0 rings (SSSR count). The molecule has 0 saturated heterocycles. The molecule has 0 aliphatic heterocycles. The Labute approximate surface area is 166 Å². The quantitative estimate of drug-likeness (QED) is 0.261. The second kappa shape index (κ2) is 18.7. The summed E-state index contributed by atoms with van der Waals surface area (Å²) < 4.78 is 5.25. The molecular weight excluding hydrogens is 344 g/mol. The lowest BCUT2D eigenvalue weighted by atomic mass is 9.95. The number of ether oxygens (including phenoxy) is 1. The molecule has 2 unspecified atom stereocenters. The van der Waals surface area contributed by atoms with Gasteiger partial charge in [0, 0.05) is 0 Å². The Morgan fingerprint density at radius 2 is 1.22 bits per heavy atom. The number of aliphatic hydroxyl groups excluding tert-OH is 2. The minimum atomic E-state index is -0.930. The van der Waals surface area contributed by atoms with Gasteiger partial charge in [0.2, 0.25) is 0 Å². The summed E-state index contributed by atoms with van der Waals surface area (Å²) in [5.74, 6) is -0.795. The van der Waals surface area contributed by atoms with Crippen LogP contribution in [0.3, 0.4) is 0 Å². The molecule has 2 atom stereocenters. The Kier molecular flexibility index (Phi) is 18.3. The van der Waals surface area contributed by atoms with Crippen LogP contribution in [0.25, 0.3) is 0 Å². The first-order valence-corrected chi connectivity index (χ1v) is 11.1. The number of hydrogen-bond donors (Lipinski definition) is 3. The molecule has 0 amide bonds. The fourth-order valence-corrected chi connectivity index (χ4v) is 3.48. The van der Waals surface area contributed by atoms with Crippen LogP contribution in [0.4, 0.5) is 0 Å². The highest BCUT2D eigenvalue weighted by Gasteiger charge is 2.27. The summed E-state index contributed by atoms with van der Waals surface area (Å²) in [5, 5.41) is 27.4. The molecule has 0 fully saturated rings. The van der Waals surface area contributed by atoms with E-state index in [1.807, 2.05) is 0 Å². The summed E-state index contributed by atoms with van der Waals surface area (Å²) in [6.07, 6.45) is 14.8. The Balaban J connectivity index is 3.58.